The minimum absolute atomic E-state index is 0.0432. The molecule has 0 saturated carbocycles. The van der Waals surface area contributed by atoms with Gasteiger partial charge in [-0.15, -0.1) is 0 Å². The van der Waals surface area contributed by atoms with Gasteiger partial charge < -0.3 is 15.2 Å². The summed E-state index contributed by atoms with van der Waals surface area (Å²) in [6.45, 7) is 3.19. The first-order valence-corrected chi connectivity index (χ1v) is 6.69. The van der Waals surface area contributed by atoms with E-state index in [-0.39, 0.29) is 23.8 Å². The van der Waals surface area contributed by atoms with Crippen LogP contribution < -0.4 is 10.1 Å². The van der Waals surface area contributed by atoms with Gasteiger partial charge in [0.2, 0.25) is 0 Å². The summed E-state index contributed by atoms with van der Waals surface area (Å²) in [5, 5.41) is 22.2. The van der Waals surface area contributed by atoms with Crippen molar-refractivity contribution >= 4 is 17.6 Å². The molecule has 1 aromatic rings. The largest absolute Gasteiger partial charge is 0.480 e. The molecule has 8 nitrogen and oxygen atoms in total. The van der Waals surface area contributed by atoms with Gasteiger partial charge in [0.15, 0.2) is 12.4 Å². The topological polar surface area (TPSA) is 119 Å². The third-order valence-corrected chi connectivity index (χ3v) is 2.76. The van der Waals surface area contributed by atoms with Crippen LogP contribution in [0.2, 0.25) is 0 Å². The molecular weight excluding hydrogens is 292 g/mol. The molecule has 0 radical (unpaired) electrons. The van der Waals surface area contributed by atoms with E-state index in [1.54, 1.807) is 6.07 Å². The van der Waals surface area contributed by atoms with Gasteiger partial charge in [0.1, 0.15) is 6.04 Å². The van der Waals surface area contributed by atoms with Crippen molar-refractivity contribution in [1.29, 1.82) is 0 Å². The molecule has 0 aromatic heterocycles. The second-order valence-electron chi connectivity index (χ2n) is 5.10. The summed E-state index contributed by atoms with van der Waals surface area (Å²) in [6, 6.07) is 4.63. The lowest BCUT2D eigenvalue weighted by molar-refractivity contribution is -0.385. The SMILES string of the molecule is CC(C)CC(NC(=O)COc1ccccc1[N+](=O)[O-])C(=O)O. The van der Waals surface area contributed by atoms with Crippen LogP contribution in [0.3, 0.4) is 0 Å². The van der Waals surface area contributed by atoms with Crippen molar-refractivity contribution in [1.82, 2.24) is 5.32 Å². The Balaban J connectivity index is 2.62. The Labute approximate surface area is 127 Å². The number of carbonyl (C=O) groups excluding carboxylic acids is 1. The third-order valence-electron chi connectivity index (χ3n) is 2.76. The summed E-state index contributed by atoms with van der Waals surface area (Å²) in [5.74, 6) is -1.73. The molecule has 2 N–H and O–H groups in total. The molecule has 1 amide bonds. The normalized spacial score (nSPS) is 11.8. The van der Waals surface area contributed by atoms with Crippen molar-refractivity contribution in [3.8, 4) is 5.75 Å². The van der Waals surface area contributed by atoms with Crippen molar-refractivity contribution in [2.24, 2.45) is 5.92 Å². The number of carbonyl (C=O) groups is 2. The Morgan fingerprint density at radius 2 is 2.00 bits per heavy atom. The summed E-state index contributed by atoms with van der Waals surface area (Å²) in [4.78, 5) is 33.0. The zero-order valence-electron chi connectivity index (χ0n) is 12.3. The molecule has 1 unspecified atom stereocenters. The molecule has 1 rings (SSSR count). The maximum absolute atomic E-state index is 11.7. The molecule has 1 aromatic carbocycles. The number of hydrogen-bond acceptors (Lipinski definition) is 5. The van der Waals surface area contributed by atoms with E-state index in [0.29, 0.717) is 0 Å². The molecule has 0 aliphatic carbocycles. The van der Waals surface area contributed by atoms with E-state index in [1.165, 1.54) is 18.2 Å². The highest BCUT2D eigenvalue weighted by Crippen LogP contribution is 2.25. The number of para-hydroxylation sites is 2. The standard InChI is InChI=1S/C14H18N2O6/c1-9(2)7-10(14(18)19)15-13(17)8-22-12-6-4-3-5-11(12)16(20)21/h3-6,9-10H,7-8H2,1-2H3,(H,15,17)(H,18,19). The zero-order chi connectivity index (χ0) is 16.7. The fourth-order valence-electron chi connectivity index (χ4n) is 1.80. The predicted molar refractivity (Wildman–Crippen MR) is 77.6 cm³/mol. The molecule has 0 aliphatic rings. The van der Waals surface area contributed by atoms with Crippen molar-refractivity contribution in [3.63, 3.8) is 0 Å². The number of nitrogens with zero attached hydrogens (tertiary/aromatic N) is 1. The Hall–Kier alpha value is -2.64. The molecule has 120 valence electrons. The number of nitro groups is 1. The fraction of sp³-hybridized carbons (Fsp3) is 0.429. The maximum Gasteiger partial charge on any atom is 0.326 e. The van der Waals surface area contributed by atoms with Crippen LogP contribution in [-0.2, 0) is 9.59 Å². The molecule has 0 heterocycles. The summed E-state index contributed by atoms with van der Waals surface area (Å²) in [5.41, 5.74) is -0.257. The van der Waals surface area contributed by atoms with E-state index in [9.17, 15) is 19.7 Å². The number of ether oxygens (including phenoxy) is 1. The van der Waals surface area contributed by atoms with Crippen molar-refractivity contribution in [2.75, 3.05) is 6.61 Å². The molecule has 1 atom stereocenters. The second-order valence-corrected chi connectivity index (χ2v) is 5.10. The summed E-state index contributed by atoms with van der Waals surface area (Å²) in [6.07, 6.45) is 0.284. The Morgan fingerprint density at radius 1 is 1.36 bits per heavy atom. The van der Waals surface area contributed by atoms with E-state index in [0.717, 1.165) is 0 Å². The number of nitro benzene ring substituents is 1. The van der Waals surface area contributed by atoms with Gasteiger partial charge in [-0.25, -0.2) is 4.79 Å². The molecule has 0 saturated heterocycles. The Bertz CT molecular complexity index is 558. The van der Waals surface area contributed by atoms with Crippen LogP contribution in [0.25, 0.3) is 0 Å². The van der Waals surface area contributed by atoms with E-state index in [4.69, 9.17) is 9.84 Å². The highest BCUT2D eigenvalue weighted by atomic mass is 16.6. The van der Waals surface area contributed by atoms with E-state index >= 15 is 0 Å². The van der Waals surface area contributed by atoms with Crippen LogP contribution in [0.15, 0.2) is 24.3 Å². The number of carboxylic acids is 1. The summed E-state index contributed by atoms with van der Waals surface area (Å²) in [7, 11) is 0. The number of carboxylic acid groups (broad SMARTS) is 1. The highest BCUT2D eigenvalue weighted by molar-refractivity contribution is 5.84. The number of aliphatic carboxylic acids is 1. The molecular formula is C14H18N2O6. The second kappa shape index (κ2) is 7.96. The van der Waals surface area contributed by atoms with Crippen molar-refractivity contribution in [2.45, 2.75) is 26.3 Å². The summed E-state index contributed by atoms with van der Waals surface area (Å²) >= 11 is 0. The van der Waals surface area contributed by atoms with Crippen LogP contribution in [0.5, 0.6) is 5.75 Å². The monoisotopic (exact) mass is 310 g/mol. The number of hydrogen-bond donors (Lipinski definition) is 2. The molecule has 22 heavy (non-hydrogen) atoms. The lowest BCUT2D eigenvalue weighted by atomic mass is 10.0. The Kier molecular flexibility index (Phi) is 6.30. The lowest BCUT2D eigenvalue weighted by Crippen LogP contribution is -2.43. The number of benzene rings is 1. The van der Waals surface area contributed by atoms with Gasteiger partial charge in [0, 0.05) is 6.07 Å². The van der Waals surface area contributed by atoms with Crippen LogP contribution in [0.4, 0.5) is 5.69 Å². The first kappa shape index (κ1) is 17.4. The van der Waals surface area contributed by atoms with Crippen LogP contribution in [0.1, 0.15) is 20.3 Å². The zero-order valence-corrected chi connectivity index (χ0v) is 12.3. The molecule has 0 bridgehead atoms. The highest BCUT2D eigenvalue weighted by Gasteiger charge is 2.22. The molecule has 0 fully saturated rings. The fourth-order valence-corrected chi connectivity index (χ4v) is 1.80. The van der Waals surface area contributed by atoms with E-state index in [1.807, 2.05) is 13.8 Å². The number of nitrogens with one attached hydrogen (secondary N) is 1. The minimum Gasteiger partial charge on any atom is -0.480 e. The first-order valence-electron chi connectivity index (χ1n) is 6.69. The quantitative estimate of drug-likeness (QED) is 0.556. The van der Waals surface area contributed by atoms with Gasteiger partial charge in [-0.05, 0) is 18.4 Å². The van der Waals surface area contributed by atoms with Crippen molar-refractivity contribution in [3.05, 3.63) is 34.4 Å². The lowest BCUT2D eigenvalue weighted by Gasteiger charge is -2.16. The smallest absolute Gasteiger partial charge is 0.326 e. The van der Waals surface area contributed by atoms with E-state index < -0.39 is 29.4 Å². The van der Waals surface area contributed by atoms with Gasteiger partial charge in [-0.3, -0.25) is 14.9 Å². The average molecular weight is 310 g/mol. The van der Waals surface area contributed by atoms with Crippen LogP contribution >= 0.6 is 0 Å². The number of rotatable bonds is 8. The van der Waals surface area contributed by atoms with Gasteiger partial charge in [0.05, 0.1) is 4.92 Å². The Morgan fingerprint density at radius 3 is 2.55 bits per heavy atom. The summed E-state index contributed by atoms with van der Waals surface area (Å²) < 4.78 is 5.10. The molecule has 0 spiro atoms. The first-order chi connectivity index (χ1) is 10.3. The predicted octanol–water partition coefficient (Wildman–Crippen LogP) is 1.59. The van der Waals surface area contributed by atoms with Gasteiger partial charge >= 0.3 is 11.7 Å². The maximum atomic E-state index is 11.7. The van der Waals surface area contributed by atoms with Crippen LogP contribution in [0, 0.1) is 16.0 Å². The third kappa shape index (κ3) is 5.39. The van der Waals surface area contributed by atoms with Crippen LogP contribution in [-0.4, -0.2) is 34.6 Å². The van der Waals surface area contributed by atoms with Gasteiger partial charge in [-0.1, -0.05) is 26.0 Å². The molecule has 8 heteroatoms. The van der Waals surface area contributed by atoms with Gasteiger partial charge in [-0.2, -0.15) is 0 Å². The number of amides is 1. The van der Waals surface area contributed by atoms with Gasteiger partial charge in [0.25, 0.3) is 5.91 Å². The van der Waals surface area contributed by atoms with Crippen molar-refractivity contribution < 1.29 is 24.4 Å². The van der Waals surface area contributed by atoms with E-state index in [2.05, 4.69) is 5.32 Å². The minimum atomic E-state index is -1.13. The average Bonchev–Trinajstić information content (AvgIpc) is 2.44. The molecule has 0 aliphatic heterocycles.